The van der Waals surface area contributed by atoms with E-state index in [0.29, 0.717) is 11.3 Å². The highest BCUT2D eigenvalue weighted by Crippen LogP contribution is 2.07. The Morgan fingerprint density at radius 2 is 1.89 bits per heavy atom. The van der Waals surface area contributed by atoms with E-state index in [-0.39, 0.29) is 12.2 Å². The third-order valence-electron chi connectivity index (χ3n) is 2.55. The molecular weight excluding hydrogens is 230 g/mol. The van der Waals surface area contributed by atoms with Gasteiger partial charge in [0.15, 0.2) is 0 Å². The Hall–Kier alpha value is -2.36. The normalized spacial score (nSPS) is 10.1. The predicted octanol–water partition coefficient (Wildman–Crippen LogP) is 2.04. The van der Waals surface area contributed by atoms with Crippen molar-refractivity contribution in [2.24, 2.45) is 0 Å². The first kappa shape index (κ1) is 12.1. The van der Waals surface area contributed by atoms with Crippen molar-refractivity contribution in [1.29, 1.82) is 0 Å². The first-order valence-electron chi connectivity index (χ1n) is 5.58. The second kappa shape index (κ2) is 5.31. The standard InChI is InChI=1S/C14H13NO3/c1-10-12(7-8-13(16)15-10)14(17)18-9-11-5-3-2-4-6-11/h2-8H,9H2,1H3,(H,15,16). The van der Waals surface area contributed by atoms with Crippen molar-refractivity contribution in [1.82, 2.24) is 4.98 Å². The fraction of sp³-hybridized carbons (Fsp3) is 0.143. The number of ether oxygens (including phenoxy) is 1. The molecule has 0 bridgehead atoms. The van der Waals surface area contributed by atoms with E-state index in [1.54, 1.807) is 6.92 Å². The van der Waals surface area contributed by atoms with Crippen LogP contribution in [0.15, 0.2) is 47.3 Å². The van der Waals surface area contributed by atoms with Gasteiger partial charge in [-0.05, 0) is 18.6 Å². The summed E-state index contributed by atoms with van der Waals surface area (Å²) in [5.41, 5.74) is 1.59. The van der Waals surface area contributed by atoms with Gasteiger partial charge in [0.1, 0.15) is 6.61 Å². The summed E-state index contributed by atoms with van der Waals surface area (Å²) in [7, 11) is 0. The minimum Gasteiger partial charge on any atom is -0.457 e. The highest BCUT2D eigenvalue weighted by Gasteiger charge is 2.10. The molecule has 4 nitrogen and oxygen atoms in total. The van der Waals surface area contributed by atoms with Crippen LogP contribution < -0.4 is 5.56 Å². The lowest BCUT2D eigenvalue weighted by Crippen LogP contribution is -2.13. The third-order valence-corrected chi connectivity index (χ3v) is 2.55. The lowest BCUT2D eigenvalue weighted by molar-refractivity contribution is 0.0471. The molecule has 0 radical (unpaired) electrons. The fourth-order valence-corrected chi connectivity index (χ4v) is 1.60. The molecule has 1 aromatic carbocycles. The second-order valence-corrected chi connectivity index (χ2v) is 3.92. The van der Waals surface area contributed by atoms with E-state index in [4.69, 9.17) is 4.74 Å². The highest BCUT2D eigenvalue weighted by atomic mass is 16.5. The molecule has 0 aliphatic heterocycles. The number of benzene rings is 1. The van der Waals surface area contributed by atoms with Crippen molar-refractivity contribution < 1.29 is 9.53 Å². The molecule has 0 spiro atoms. The van der Waals surface area contributed by atoms with Crippen LogP contribution in [0.4, 0.5) is 0 Å². The number of aromatic amines is 1. The van der Waals surface area contributed by atoms with E-state index in [1.807, 2.05) is 30.3 Å². The molecule has 0 aliphatic carbocycles. The summed E-state index contributed by atoms with van der Waals surface area (Å²) in [4.78, 5) is 25.4. The molecule has 2 aromatic rings. The summed E-state index contributed by atoms with van der Waals surface area (Å²) >= 11 is 0. The van der Waals surface area contributed by atoms with Gasteiger partial charge in [0.05, 0.1) is 5.56 Å². The van der Waals surface area contributed by atoms with Crippen molar-refractivity contribution in [3.63, 3.8) is 0 Å². The zero-order valence-electron chi connectivity index (χ0n) is 9.97. The van der Waals surface area contributed by atoms with E-state index in [2.05, 4.69) is 4.98 Å². The SMILES string of the molecule is Cc1[nH]c(=O)ccc1C(=O)OCc1ccccc1. The number of rotatable bonds is 3. The number of H-pyrrole nitrogens is 1. The molecule has 0 unspecified atom stereocenters. The van der Waals surface area contributed by atoms with Crippen LogP contribution in [0.3, 0.4) is 0 Å². The Bertz CT molecular complexity index is 602. The van der Waals surface area contributed by atoms with Crippen LogP contribution in [0.1, 0.15) is 21.6 Å². The van der Waals surface area contributed by atoms with Crippen LogP contribution in [0.25, 0.3) is 0 Å². The Morgan fingerprint density at radius 3 is 2.56 bits per heavy atom. The van der Waals surface area contributed by atoms with E-state index in [1.165, 1.54) is 12.1 Å². The molecule has 1 aromatic heterocycles. The van der Waals surface area contributed by atoms with E-state index in [9.17, 15) is 9.59 Å². The smallest absolute Gasteiger partial charge is 0.340 e. The van der Waals surface area contributed by atoms with Gasteiger partial charge in [0.2, 0.25) is 5.56 Å². The maximum atomic E-state index is 11.8. The average molecular weight is 243 g/mol. The van der Waals surface area contributed by atoms with Gasteiger partial charge >= 0.3 is 5.97 Å². The summed E-state index contributed by atoms with van der Waals surface area (Å²) in [5, 5.41) is 0. The first-order chi connectivity index (χ1) is 8.66. The summed E-state index contributed by atoms with van der Waals surface area (Å²) < 4.78 is 5.17. The quantitative estimate of drug-likeness (QED) is 0.839. The van der Waals surface area contributed by atoms with Gasteiger partial charge in [-0.1, -0.05) is 30.3 Å². The minimum absolute atomic E-state index is 0.220. The molecule has 0 saturated carbocycles. The topological polar surface area (TPSA) is 59.2 Å². The summed E-state index contributed by atoms with van der Waals surface area (Å²) in [6, 6.07) is 12.2. The molecule has 18 heavy (non-hydrogen) atoms. The number of hydrogen-bond donors (Lipinski definition) is 1. The summed E-state index contributed by atoms with van der Waals surface area (Å²) in [6.45, 7) is 1.89. The lowest BCUT2D eigenvalue weighted by Gasteiger charge is -2.06. The molecule has 1 N–H and O–H groups in total. The second-order valence-electron chi connectivity index (χ2n) is 3.92. The molecule has 0 fully saturated rings. The number of nitrogens with one attached hydrogen (secondary N) is 1. The Balaban J connectivity index is 2.06. The number of esters is 1. The van der Waals surface area contributed by atoms with Gasteiger partial charge in [0, 0.05) is 11.8 Å². The number of carbonyl (C=O) groups excluding carboxylic acids is 1. The zero-order valence-corrected chi connectivity index (χ0v) is 9.97. The zero-order chi connectivity index (χ0) is 13.0. The number of hydrogen-bond acceptors (Lipinski definition) is 3. The van der Waals surface area contributed by atoms with Crippen molar-refractivity contribution in [3.05, 3.63) is 69.6 Å². The van der Waals surface area contributed by atoms with Crippen LogP contribution in [0.2, 0.25) is 0 Å². The molecular formula is C14H13NO3. The Labute approximate surface area is 104 Å². The van der Waals surface area contributed by atoms with Gasteiger partial charge in [-0.3, -0.25) is 4.79 Å². The lowest BCUT2D eigenvalue weighted by atomic mass is 10.2. The van der Waals surface area contributed by atoms with Gasteiger partial charge in [-0.15, -0.1) is 0 Å². The van der Waals surface area contributed by atoms with Crippen LogP contribution in [0, 0.1) is 6.92 Å². The number of carbonyl (C=O) groups is 1. The Kier molecular flexibility index (Phi) is 3.57. The van der Waals surface area contributed by atoms with Crippen LogP contribution in [-0.2, 0) is 11.3 Å². The maximum Gasteiger partial charge on any atom is 0.340 e. The molecule has 92 valence electrons. The van der Waals surface area contributed by atoms with Crippen molar-refractivity contribution in [3.8, 4) is 0 Å². The minimum atomic E-state index is -0.437. The molecule has 2 rings (SSSR count). The fourth-order valence-electron chi connectivity index (χ4n) is 1.60. The van der Waals surface area contributed by atoms with Crippen LogP contribution in [0.5, 0.6) is 0 Å². The molecule has 0 atom stereocenters. The molecule has 0 aliphatic rings. The Morgan fingerprint density at radius 1 is 1.17 bits per heavy atom. The van der Waals surface area contributed by atoms with Crippen molar-refractivity contribution >= 4 is 5.97 Å². The first-order valence-corrected chi connectivity index (χ1v) is 5.58. The molecule has 1 heterocycles. The summed E-state index contributed by atoms with van der Waals surface area (Å²) in [5.74, 6) is -0.437. The van der Waals surface area contributed by atoms with Gasteiger partial charge in [-0.2, -0.15) is 0 Å². The van der Waals surface area contributed by atoms with Gasteiger partial charge in [0.25, 0.3) is 0 Å². The third kappa shape index (κ3) is 2.85. The number of aryl methyl sites for hydroxylation is 1. The highest BCUT2D eigenvalue weighted by molar-refractivity contribution is 5.90. The van der Waals surface area contributed by atoms with Crippen molar-refractivity contribution in [2.75, 3.05) is 0 Å². The number of aromatic nitrogens is 1. The largest absolute Gasteiger partial charge is 0.457 e. The van der Waals surface area contributed by atoms with E-state index >= 15 is 0 Å². The summed E-state index contributed by atoms with van der Waals surface area (Å²) in [6.07, 6.45) is 0. The van der Waals surface area contributed by atoms with Crippen LogP contribution >= 0.6 is 0 Å². The molecule has 0 amide bonds. The van der Waals surface area contributed by atoms with E-state index < -0.39 is 5.97 Å². The predicted molar refractivity (Wildman–Crippen MR) is 67.4 cm³/mol. The number of pyridine rings is 1. The van der Waals surface area contributed by atoms with Crippen LogP contribution in [-0.4, -0.2) is 11.0 Å². The van der Waals surface area contributed by atoms with E-state index in [0.717, 1.165) is 5.56 Å². The maximum absolute atomic E-state index is 11.8. The van der Waals surface area contributed by atoms with Gasteiger partial charge in [-0.25, -0.2) is 4.79 Å². The average Bonchev–Trinajstić information content (AvgIpc) is 2.37. The monoisotopic (exact) mass is 243 g/mol. The molecule has 0 saturated heterocycles. The molecule has 4 heteroatoms. The van der Waals surface area contributed by atoms with Crippen molar-refractivity contribution in [2.45, 2.75) is 13.5 Å². The van der Waals surface area contributed by atoms with Gasteiger partial charge < -0.3 is 9.72 Å².